The van der Waals surface area contributed by atoms with E-state index in [2.05, 4.69) is 11.1 Å². The Labute approximate surface area is 88.1 Å². The van der Waals surface area contributed by atoms with Gasteiger partial charge < -0.3 is 5.11 Å². The van der Waals surface area contributed by atoms with Crippen LogP contribution in [0, 0.1) is 5.92 Å². The minimum absolute atomic E-state index is 0.226. The molecule has 1 unspecified atom stereocenters. The summed E-state index contributed by atoms with van der Waals surface area (Å²) in [7, 11) is 0. The van der Waals surface area contributed by atoms with Gasteiger partial charge in [0.05, 0.1) is 5.92 Å². The minimum atomic E-state index is -0.681. The molecule has 2 aliphatic carbocycles. The Morgan fingerprint density at radius 2 is 2.07 bits per heavy atom. The van der Waals surface area contributed by atoms with E-state index >= 15 is 0 Å². The Hall–Kier alpha value is -1.38. The van der Waals surface area contributed by atoms with Gasteiger partial charge in [-0.25, -0.2) is 0 Å². The highest BCUT2D eigenvalue weighted by Crippen LogP contribution is 2.40. The number of carboxylic acid groups (broad SMARTS) is 1. The van der Waals surface area contributed by atoms with Gasteiger partial charge in [-0.1, -0.05) is 0 Å². The fourth-order valence-electron chi connectivity index (χ4n) is 2.30. The van der Waals surface area contributed by atoms with E-state index in [0.29, 0.717) is 18.8 Å². The molecule has 15 heavy (non-hydrogen) atoms. The van der Waals surface area contributed by atoms with Crippen molar-refractivity contribution < 1.29 is 9.90 Å². The fourth-order valence-corrected chi connectivity index (χ4v) is 2.30. The zero-order chi connectivity index (χ0) is 10.4. The maximum Gasteiger partial charge on any atom is 0.307 e. The molecule has 78 valence electrons. The maximum absolute atomic E-state index is 10.9. The third kappa shape index (κ3) is 1.52. The summed E-state index contributed by atoms with van der Waals surface area (Å²) in [6.45, 7) is 0. The number of nitrogens with zero attached hydrogens (tertiary/aromatic N) is 1. The number of carbonyl (C=O) groups is 1. The molecule has 3 heteroatoms. The van der Waals surface area contributed by atoms with Gasteiger partial charge in [0.25, 0.3) is 0 Å². The van der Waals surface area contributed by atoms with E-state index in [4.69, 9.17) is 5.11 Å². The molecule has 0 aromatic carbocycles. The molecule has 0 bridgehead atoms. The van der Waals surface area contributed by atoms with Crippen LogP contribution in [0.25, 0.3) is 0 Å². The second-order valence-corrected chi connectivity index (χ2v) is 4.60. The van der Waals surface area contributed by atoms with E-state index in [1.165, 1.54) is 24.1 Å². The number of carboxylic acids is 1. The highest BCUT2D eigenvalue weighted by molar-refractivity contribution is 5.72. The summed E-state index contributed by atoms with van der Waals surface area (Å²) in [5.74, 6) is -0.255. The summed E-state index contributed by atoms with van der Waals surface area (Å²) in [5, 5.41) is 8.96. The molecule has 0 amide bonds. The van der Waals surface area contributed by atoms with Gasteiger partial charge in [0.1, 0.15) is 0 Å². The lowest BCUT2D eigenvalue weighted by molar-refractivity contribution is -0.141. The van der Waals surface area contributed by atoms with E-state index in [0.717, 1.165) is 5.56 Å². The van der Waals surface area contributed by atoms with E-state index in [1.54, 1.807) is 0 Å². The molecule has 1 aromatic heterocycles. The predicted octanol–water partition coefficient (Wildman–Crippen LogP) is 1.76. The van der Waals surface area contributed by atoms with Crippen LogP contribution >= 0.6 is 0 Å². The lowest BCUT2D eigenvalue weighted by Gasteiger charge is -2.01. The average Bonchev–Trinajstić information content (AvgIpc) is 2.96. The Bertz CT molecular complexity index is 424. The summed E-state index contributed by atoms with van der Waals surface area (Å²) >= 11 is 0. The molecule has 1 saturated carbocycles. The van der Waals surface area contributed by atoms with E-state index in [9.17, 15) is 4.79 Å². The first-order valence-electron chi connectivity index (χ1n) is 5.44. The van der Waals surface area contributed by atoms with E-state index in [1.807, 2.05) is 6.20 Å². The molecule has 0 aliphatic heterocycles. The molecule has 1 fully saturated rings. The van der Waals surface area contributed by atoms with Crippen molar-refractivity contribution in [3.8, 4) is 0 Å². The van der Waals surface area contributed by atoms with Crippen molar-refractivity contribution in [1.29, 1.82) is 0 Å². The molecule has 1 aromatic rings. The van der Waals surface area contributed by atoms with Crippen molar-refractivity contribution in [2.75, 3.05) is 0 Å². The Kier molecular flexibility index (Phi) is 1.81. The average molecular weight is 203 g/mol. The van der Waals surface area contributed by atoms with Gasteiger partial charge in [0.15, 0.2) is 0 Å². The SMILES string of the molecule is O=C(O)C1Cc2cnc(C3CC3)cc2C1. The summed E-state index contributed by atoms with van der Waals surface area (Å²) in [6, 6.07) is 2.12. The second-order valence-electron chi connectivity index (χ2n) is 4.60. The highest BCUT2D eigenvalue weighted by Gasteiger charge is 2.30. The highest BCUT2D eigenvalue weighted by atomic mass is 16.4. The molecular weight excluding hydrogens is 190 g/mol. The number of hydrogen-bond donors (Lipinski definition) is 1. The summed E-state index contributed by atoms with van der Waals surface area (Å²) in [6.07, 6.45) is 5.71. The standard InChI is InChI=1S/C12H13NO2/c14-12(15)9-3-8-5-11(7-1-2-7)13-6-10(8)4-9/h5-7,9H,1-4H2,(H,14,15). The first-order valence-corrected chi connectivity index (χ1v) is 5.44. The van der Waals surface area contributed by atoms with Crippen LogP contribution in [0.1, 0.15) is 35.6 Å². The number of aromatic nitrogens is 1. The van der Waals surface area contributed by atoms with Crippen LogP contribution in [0.4, 0.5) is 0 Å². The van der Waals surface area contributed by atoms with Gasteiger partial charge in [-0.05, 0) is 42.9 Å². The molecule has 0 saturated heterocycles. The van der Waals surface area contributed by atoms with Crippen LogP contribution in [-0.2, 0) is 17.6 Å². The predicted molar refractivity (Wildman–Crippen MR) is 54.7 cm³/mol. The smallest absolute Gasteiger partial charge is 0.307 e. The zero-order valence-electron chi connectivity index (χ0n) is 8.44. The lowest BCUT2D eigenvalue weighted by Crippen LogP contribution is -2.12. The summed E-state index contributed by atoms with van der Waals surface area (Å²) in [5.41, 5.74) is 3.51. The molecule has 1 heterocycles. The molecule has 0 radical (unpaired) electrons. The van der Waals surface area contributed by atoms with Crippen molar-refractivity contribution in [2.45, 2.75) is 31.6 Å². The first kappa shape index (κ1) is 8.89. The van der Waals surface area contributed by atoms with Crippen molar-refractivity contribution in [3.63, 3.8) is 0 Å². The van der Waals surface area contributed by atoms with Gasteiger partial charge in [-0.15, -0.1) is 0 Å². The van der Waals surface area contributed by atoms with Crippen molar-refractivity contribution in [3.05, 3.63) is 29.1 Å². The van der Waals surface area contributed by atoms with Crippen molar-refractivity contribution in [1.82, 2.24) is 4.98 Å². The summed E-state index contributed by atoms with van der Waals surface area (Å²) in [4.78, 5) is 15.3. The third-order valence-electron chi connectivity index (χ3n) is 3.38. The molecule has 0 spiro atoms. The van der Waals surface area contributed by atoms with Crippen LogP contribution in [0.5, 0.6) is 0 Å². The minimum Gasteiger partial charge on any atom is -0.481 e. The maximum atomic E-state index is 10.9. The quantitative estimate of drug-likeness (QED) is 0.796. The third-order valence-corrected chi connectivity index (χ3v) is 3.38. The van der Waals surface area contributed by atoms with Gasteiger partial charge in [0.2, 0.25) is 0 Å². The van der Waals surface area contributed by atoms with E-state index < -0.39 is 5.97 Å². The molecular formula is C12H13NO2. The molecule has 3 nitrogen and oxygen atoms in total. The van der Waals surface area contributed by atoms with E-state index in [-0.39, 0.29) is 5.92 Å². The molecule has 1 atom stereocenters. The topological polar surface area (TPSA) is 50.2 Å². The Morgan fingerprint density at radius 1 is 1.33 bits per heavy atom. The fraction of sp³-hybridized carbons (Fsp3) is 0.500. The monoisotopic (exact) mass is 203 g/mol. The largest absolute Gasteiger partial charge is 0.481 e. The lowest BCUT2D eigenvalue weighted by atomic mass is 10.1. The Balaban J connectivity index is 1.89. The van der Waals surface area contributed by atoms with Crippen LogP contribution in [0.2, 0.25) is 0 Å². The first-order chi connectivity index (χ1) is 7.24. The van der Waals surface area contributed by atoms with Crippen LogP contribution in [-0.4, -0.2) is 16.1 Å². The van der Waals surface area contributed by atoms with Gasteiger partial charge >= 0.3 is 5.97 Å². The van der Waals surface area contributed by atoms with Crippen molar-refractivity contribution in [2.24, 2.45) is 5.92 Å². The second kappa shape index (κ2) is 3.05. The van der Waals surface area contributed by atoms with Crippen molar-refractivity contribution >= 4 is 5.97 Å². The number of aliphatic carboxylic acids is 1. The number of fused-ring (bicyclic) bond motifs is 1. The Morgan fingerprint density at radius 3 is 2.73 bits per heavy atom. The van der Waals surface area contributed by atoms with Gasteiger partial charge in [-0.2, -0.15) is 0 Å². The normalized spacial score (nSPS) is 23.9. The molecule has 3 rings (SSSR count). The van der Waals surface area contributed by atoms with Crippen LogP contribution in [0.15, 0.2) is 12.3 Å². The van der Waals surface area contributed by atoms with Gasteiger partial charge in [0, 0.05) is 17.8 Å². The molecule has 2 aliphatic rings. The number of rotatable bonds is 2. The van der Waals surface area contributed by atoms with Gasteiger partial charge in [-0.3, -0.25) is 9.78 Å². The van der Waals surface area contributed by atoms with Crippen LogP contribution < -0.4 is 0 Å². The molecule has 1 N–H and O–H groups in total. The van der Waals surface area contributed by atoms with Crippen LogP contribution in [0.3, 0.4) is 0 Å². The number of hydrogen-bond acceptors (Lipinski definition) is 2. The number of pyridine rings is 1. The summed E-state index contributed by atoms with van der Waals surface area (Å²) < 4.78 is 0. The zero-order valence-corrected chi connectivity index (χ0v) is 8.44.